The van der Waals surface area contributed by atoms with E-state index in [0.717, 1.165) is 6.07 Å². The molecule has 3 N–H and O–H groups in total. The van der Waals surface area contributed by atoms with Gasteiger partial charge in [0.25, 0.3) is 0 Å². The molecule has 2 aromatic rings. The topological polar surface area (TPSA) is 70.9 Å². The minimum atomic E-state index is -0.954. The van der Waals surface area contributed by atoms with Gasteiger partial charge in [0.15, 0.2) is 11.6 Å². The molecule has 1 aromatic carbocycles. The molecule has 5 nitrogen and oxygen atoms in total. The lowest BCUT2D eigenvalue weighted by atomic mass is 10.1. The lowest BCUT2D eigenvalue weighted by Gasteiger charge is -2.20. The number of nitrogens with two attached hydrogens (primary N) is 1. The maximum atomic E-state index is 13.9. The zero-order valence-electron chi connectivity index (χ0n) is 12.3. The summed E-state index contributed by atoms with van der Waals surface area (Å²) in [7, 11) is 0. The summed E-state index contributed by atoms with van der Waals surface area (Å²) in [6, 6.07) is 3.88. The monoisotopic (exact) mass is 321 g/mol. The average Bonchev–Trinajstić information content (AvgIpc) is 2.83. The van der Waals surface area contributed by atoms with E-state index in [2.05, 4.69) is 5.10 Å². The molecular formula is C15H14F3N5. The quantitative estimate of drug-likeness (QED) is 0.518. The highest BCUT2D eigenvalue weighted by atomic mass is 19.2. The van der Waals surface area contributed by atoms with E-state index in [9.17, 15) is 13.3 Å². The highest BCUT2D eigenvalue weighted by Crippen LogP contribution is 2.28. The van der Waals surface area contributed by atoms with E-state index in [1.165, 1.54) is 22.9 Å². The molecule has 0 bridgehead atoms. The maximum Gasteiger partial charge on any atom is 0.163 e. The number of rotatable bonds is 3. The van der Waals surface area contributed by atoms with Crippen molar-refractivity contribution in [3.8, 4) is 0 Å². The van der Waals surface area contributed by atoms with E-state index in [1.807, 2.05) is 0 Å². The fourth-order valence-electron chi connectivity index (χ4n) is 2.53. The number of hydrogen-bond acceptors (Lipinski definition) is 3. The molecule has 0 fully saturated rings. The molecule has 0 saturated heterocycles. The first-order valence-corrected chi connectivity index (χ1v) is 6.87. The average molecular weight is 321 g/mol. The fraction of sp³-hybridized carbons (Fsp3) is 0.200. The first-order valence-electron chi connectivity index (χ1n) is 6.87. The molecule has 0 atom stereocenters. The van der Waals surface area contributed by atoms with Crippen LogP contribution in [0.4, 0.5) is 13.3 Å². The van der Waals surface area contributed by atoms with Gasteiger partial charge in [0.1, 0.15) is 11.5 Å². The number of nitrogens with zero attached hydrogens (tertiary/aromatic N) is 3. The van der Waals surface area contributed by atoms with Crippen molar-refractivity contribution in [2.75, 3.05) is 0 Å². The highest BCUT2D eigenvalue weighted by Gasteiger charge is 2.25. The summed E-state index contributed by atoms with van der Waals surface area (Å²) in [4.78, 5) is 0. The third kappa shape index (κ3) is 2.56. The van der Waals surface area contributed by atoms with Gasteiger partial charge in [0.2, 0.25) is 0 Å². The minimum absolute atomic E-state index is 0.0464. The smallest absolute Gasteiger partial charge is 0.163 e. The third-order valence-corrected chi connectivity index (χ3v) is 3.73. The van der Waals surface area contributed by atoms with Gasteiger partial charge in [0, 0.05) is 16.8 Å². The molecular weight excluding hydrogens is 307 g/mol. The van der Waals surface area contributed by atoms with Crippen LogP contribution in [0.15, 0.2) is 23.9 Å². The van der Waals surface area contributed by atoms with Crippen LogP contribution in [0.2, 0.25) is 0 Å². The van der Waals surface area contributed by atoms with Crippen LogP contribution in [-0.2, 0) is 13.1 Å². The number of allylic oxidation sites excluding steroid dienone is 1. The molecule has 1 aliphatic rings. The molecule has 3 rings (SSSR count). The van der Waals surface area contributed by atoms with Crippen LogP contribution in [0.25, 0.3) is 6.08 Å². The first-order chi connectivity index (χ1) is 10.9. The summed E-state index contributed by atoms with van der Waals surface area (Å²) in [6.07, 6.45) is 1.54. The summed E-state index contributed by atoms with van der Waals surface area (Å²) >= 11 is 0. The van der Waals surface area contributed by atoms with E-state index in [4.69, 9.17) is 11.1 Å². The van der Waals surface area contributed by atoms with Crippen LogP contribution in [-0.4, -0.2) is 20.7 Å². The molecule has 0 spiro atoms. The number of nitrogen functional groups attached to an aromatic ring is 1. The van der Waals surface area contributed by atoms with E-state index in [0.29, 0.717) is 22.1 Å². The Morgan fingerprint density at radius 1 is 1.39 bits per heavy atom. The molecule has 2 heterocycles. The van der Waals surface area contributed by atoms with Crippen molar-refractivity contribution < 1.29 is 13.3 Å². The Kier molecular flexibility index (Phi) is 3.59. The van der Waals surface area contributed by atoms with Crippen molar-refractivity contribution in [1.29, 1.82) is 5.41 Å². The van der Waals surface area contributed by atoms with Crippen LogP contribution in [0.3, 0.4) is 0 Å². The van der Waals surface area contributed by atoms with Gasteiger partial charge in [-0.3, -0.25) is 10.1 Å². The lowest BCUT2D eigenvalue weighted by molar-refractivity contribution is 0.0604. The first kappa shape index (κ1) is 15.1. The van der Waals surface area contributed by atoms with Gasteiger partial charge < -0.3 is 5.73 Å². The molecule has 8 heteroatoms. The molecule has 1 aliphatic heterocycles. The van der Waals surface area contributed by atoms with Gasteiger partial charge in [-0.25, -0.2) is 13.9 Å². The van der Waals surface area contributed by atoms with Gasteiger partial charge >= 0.3 is 0 Å². The molecule has 0 aliphatic carbocycles. The predicted molar refractivity (Wildman–Crippen MR) is 79.0 cm³/mol. The summed E-state index contributed by atoms with van der Waals surface area (Å²) in [5, 5.41) is 12.3. The molecule has 0 amide bonds. The van der Waals surface area contributed by atoms with Gasteiger partial charge in [-0.15, -0.1) is 0 Å². The highest BCUT2D eigenvalue weighted by molar-refractivity contribution is 5.95. The Morgan fingerprint density at radius 2 is 2.13 bits per heavy atom. The lowest BCUT2D eigenvalue weighted by Crippen LogP contribution is -2.20. The maximum absolute atomic E-state index is 13.9. The van der Waals surface area contributed by atoms with Crippen LogP contribution >= 0.6 is 0 Å². The number of hydrogen-bond donors (Lipinski definition) is 2. The Morgan fingerprint density at radius 3 is 2.83 bits per heavy atom. The van der Waals surface area contributed by atoms with Crippen LogP contribution in [0.5, 0.6) is 0 Å². The fourth-order valence-corrected chi connectivity index (χ4v) is 2.53. The zero-order valence-corrected chi connectivity index (χ0v) is 12.3. The third-order valence-electron chi connectivity index (χ3n) is 3.73. The van der Waals surface area contributed by atoms with Crippen LogP contribution in [0, 0.1) is 17.0 Å². The second-order valence-electron chi connectivity index (χ2n) is 5.30. The Balaban J connectivity index is 2.10. The van der Waals surface area contributed by atoms with Crippen molar-refractivity contribution in [2.45, 2.75) is 20.0 Å². The van der Waals surface area contributed by atoms with Crippen LogP contribution < -0.4 is 5.73 Å². The number of halogens is 3. The normalized spacial score (nSPS) is 13.7. The van der Waals surface area contributed by atoms with Crippen molar-refractivity contribution in [1.82, 2.24) is 14.9 Å². The largest absolute Gasteiger partial charge is 0.382 e. The summed E-state index contributed by atoms with van der Waals surface area (Å²) in [5.41, 5.74) is 7.08. The second-order valence-corrected chi connectivity index (χ2v) is 5.30. The number of fused-ring (bicyclic) bond motifs is 1. The van der Waals surface area contributed by atoms with Crippen LogP contribution in [0.1, 0.15) is 29.4 Å². The number of nitrogens with one attached hydrogen (secondary N) is 1. The second kappa shape index (κ2) is 5.45. The minimum Gasteiger partial charge on any atom is -0.382 e. The molecule has 0 unspecified atom stereocenters. The van der Waals surface area contributed by atoms with Crippen molar-refractivity contribution in [3.05, 3.63) is 58.0 Å². The SMILES string of the molecule is CC1=Cc2c(c(C(=N)N)nn2Cc2cccc(F)c2F)CN1F. The van der Waals surface area contributed by atoms with Gasteiger partial charge in [0.05, 0.1) is 18.8 Å². The van der Waals surface area contributed by atoms with Crippen molar-refractivity contribution in [3.63, 3.8) is 0 Å². The predicted octanol–water partition coefficient (Wildman–Crippen LogP) is 2.55. The zero-order chi connectivity index (χ0) is 16.7. The summed E-state index contributed by atoms with van der Waals surface area (Å²) in [5.74, 6) is -2.21. The molecule has 0 saturated carbocycles. The standard InChI is InChI=1S/C15H14F3N5/c1-8-5-12-10(7-22(8)18)14(15(19)20)21-23(12)6-9-3-2-4-11(16)13(9)17/h2-5H,6-7H2,1H3,(H3,19,20). The Labute approximate surface area is 130 Å². The van der Waals surface area contributed by atoms with E-state index >= 15 is 0 Å². The summed E-state index contributed by atoms with van der Waals surface area (Å²) < 4.78 is 42.4. The summed E-state index contributed by atoms with van der Waals surface area (Å²) in [6.45, 7) is 1.43. The Bertz CT molecular complexity index is 825. The number of benzene rings is 1. The van der Waals surface area contributed by atoms with Crippen molar-refractivity contribution in [2.24, 2.45) is 5.73 Å². The molecule has 120 valence electrons. The van der Waals surface area contributed by atoms with Gasteiger partial charge in [-0.2, -0.15) is 5.10 Å². The molecule has 1 aromatic heterocycles. The molecule has 0 radical (unpaired) electrons. The van der Waals surface area contributed by atoms with E-state index in [1.54, 1.807) is 6.92 Å². The molecule has 23 heavy (non-hydrogen) atoms. The Hall–Kier alpha value is -2.77. The van der Waals surface area contributed by atoms with E-state index in [-0.39, 0.29) is 30.2 Å². The number of aromatic nitrogens is 2. The number of amidine groups is 1. The van der Waals surface area contributed by atoms with Gasteiger partial charge in [-0.1, -0.05) is 16.6 Å². The van der Waals surface area contributed by atoms with Crippen molar-refractivity contribution >= 4 is 11.9 Å². The van der Waals surface area contributed by atoms with Gasteiger partial charge in [-0.05, 0) is 19.1 Å². The van der Waals surface area contributed by atoms with E-state index < -0.39 is 11.6 Å².